The number of fused-ring (bicyclic) bond motifs is 1. The lowest BCUT2D eigenvalue weighted by molar-refractivity contribution is -0.0409. The van der Waals surface area contributed by atoms with E-state index >= 15 is 0 Å². The van der Waals surface area contributed by atoms with Crippen molar-refractivity contribution in [1.29, 1.82) is 0 Å². The first-order valence-electron chi connectivity index (χ1n) is 8.30. The minimum Gasteiger partial charge on any atom is -0.485 e. The summed E-state index contributed by atoms with van der Waals surface area (Å²) in [6.07, 6.45) is -0.554. The number of carbonyl (C=O) groups excluding carboxylic acids is 2. The van der Waals surface area contributed by atoms with Gasteiger partial charge in [-0.1, -0.05) is 0 Å². The number of hydrogen-bond donors (Lipinski definition) is 2. The average molecular weight is 357 g/mol. The Kier molecular flexibility index (Phi) is 4.54. The predicted octanol–water partition coefficient (Wildman–Crippen LogP) is 3.36. The van der Waals surface area contributed by atoms with Crippen molar-refractivity contribution < 1.29 is 23.8 Å². The third-order valence-electron chi connectivity index (χ3n) is 4.57. The molecular weight excluding hydrogens is 337 g/mol. The van der Waals surface area contributed by atoms with E-state index < -0.39 is 23.4 Å². The molecule has 0 aliphatic carbocycles. The number of aliphatic hydroxyl groups excluding tert-OH is 1. The summed E-state index contributed by atoms with van der Waals surface area (Å²) in [6, 6.07) is 8.37. The van der Waals surface area contributed by atoms with Gasteiger partial charge in [0.2, 0.25) is 0 Å². The van der Waals surface area contributed by atoms with Crippen LogP contribution in [-0.2, 0) is 6.42 Å². The molecule has 0 fully saturated rings. The van der Waals surface area contributed by atoms with E-state index in [2.05, 4.69) is 5.32 Å². The molecule has 2 aromatic carbocycles. The number of Topliss-reactive ketones (excluding diaryl/α,β-unsaturated/α-hetero) is 1. The zero-order chi connectivity index (χ0) is 19.1. The number of rotatable bonds is 3. The van der Waals surface area contributed by atoms with Gasteiger partial charge in [0.15, 0.2) is 5.78 Å². The molecule has 5 nitrogen and oxygen atoms in total. The van der Waals surface area contributed by atoms with Gasteiger partial charge in [0, 0.05) is 23.1 Å². The van der Waals surface area contributed by atoms with E-state index in [0.717, 1.165) is 0 Å². The monoisotopic (exact) mass is 357 g/mol. The van der Waals surface area contributed by atoms with Gasteiger partial charge >= 0.3 is 0 Å². The normalized spacial score (nSPS) is 17.8. The number of anilines is 1. The minimum absolute atomic E-state index is 0.221. The molecule has 1 atom stereocenters. The third-order valence-corrected chi connectivity index (χ3v) is 4.57. The lowest BCUT2D eigenvalue weighted by atomic mass is 9.88. The zero-order valence-electron chi connectivity index (χ0n) is 14.8. The molecule has 0 bridgehead atoms. The van der Waals surface area contributed by atoms with Crippen LogP contribution in [0.1, 0.15) is 47.1 Å². The van der Waals surface area contributed by atoms with Crippen molar-refractivity contribution in [2.45, 2.75) is 38.9 Å². The lowest BCUT2D eigenvalue weighted by Crippen LogP contribution is -2.46. The Labute approximate surface area is 150 Å². The maximum absolute atomic E-state index is 13.1. The first-order valence-corrected chi connectivity index (χ1v) is 8.30. The Morgan fingerprint density at radius 1 is 1.19 bits per heavy atom. The number of hydrogen-bond acceptors (Lipinski definition) is 4. The van der Waals surface area contributed by atoms with Crippen molar-refractivity contribution in [3.8, 4) is 5.75 Å². The quantitative estimate of drug-likeness (QED) is 0.826. The Balaban J connectivity index is 2.03. The van der Waals surface area contributed by atoms with E-state index in [1.165, 1.54) is 31.2 Å². The van der Waals surface area contributed by atoms with Gasteiger partial charge in [0.25, 0.3) is 5.91 Å². The summed E-state index contributed by atoms with van der Waals surface area (Å²) in [5, 5.41) is 13.1. The predicted molar refractivity (Wildman–Crippen MR) is 95.2 cm³/mol. The fourth-order valence-electron chi connectivity index (χ4n) is 2.94. The lowest BCUT2D eigenvalue weighted by Gasteiger charge is -2.38. The summed E-state index contributed by atoms with van der Waals surface area (Å²) in [5.41, 5.74) is 0.702. The number of benzene rings is 2. The summed E-state index contributed by atoms with van der Waals surface area (Å²) in [4.78, 5) is 24.6. The molecule has 0 spiro atoms. The van der Waals surface area contributed by atoms with Crippen LogP contribution >= 0.6 is 0 Å². The van der Waals surface area contributed by atoms with Crippen molar-refractivity contribution in [2.75, 3.05) is 5.32 Å². The van der Waals surface area contributed by atoms with Gasteiger partial charge in [-0.3, -0.25) is 9.59 Å². The molecule has 136 valence electrons. The highest BCUT2D eigenvalue weighted by Crippen LogP contribution is 2.39. The molecular formula is C20H20FNO4. The Morgan fingerprint density at radius 3 is 2.46 bits per heavy atom. The highest BCUT2D eigenvalue weighted by Gasteiger charge is 2.37. The number of ketones is 1. The maximum Gasteiger partial charge on any atom is 0.255 e. The van der Waals surface area contributed by atoms with Crippen molar-refractivity contribution >= 4 is 17.4 Å². The van der Waals surface area contributed by atoms with Crippen molar-refractivity contribution in [1.82, 2.24) is 0 Å². The summed E-state index contributed by atoms with van der Waals surface area (Å²) < 4.78 is 18.9. The smallest absolute Gasteiger partial charge is 0.255 e. The second-order valence-corrected chi connectivity index (χ2v) is 6.91. The largest absolute Gasteiger partial charge is 0.485 e. The van der Waals surface area contributed by atoms with Crippen LogP contribution in [0.3, 0.4) is 0 Å². The van der Waals surface area contributed by atoms with Crippen LogP contribution in [0.25, 0.3) is 0 Å². The number of amides is 1. The average Bonchev–Trinajstić information content (AvgIpc) is 2.56. The molecule has 0 radical (unpaired) electrons. The van der Waals surface area contributed by atoms with E-state index in [4.69, 9.17) is 4.74 Å². The Hall–Kier alpha value is -2.73. The van der Waals surface area contributed by atoms with Crippen LogP contribution in [0.2, 0.25) is 0 Å². The minimum atomic E-state index is -0.793. The fraction of sp³-hybridized carbons (Fsp3) is 0.300. The zero-order valence-corrected chi connectivity index (χ0v) is 14.8. The van der Waals surface area contributed by atoms with Crippen molar-refractivity contribution in [3.05, 3.63) is 58.9 Å². The van der Waals surface area contributed by atoms with Crippen LogP contribution in [0.4, 0.5) is 10.1 Å². The van der Waals surface area contributed by atoms with Gasteiger partial charge in [0.1, 0.15) is 17.2 Å². The maximum atomic E-state index is 13.1. The van der Waals surface area contributed by atoms with Crippen LogP contribution < -0.4 is 10.1 Å². The molecule has 1 heterocycles. The van der Waals surface area contributed by atoms with E-state index in [-0.39, 0.29) is 17.8 Å². The van der Waals surface area contributed by atoms with Crippen molar-refractivity contribution in [2.24, 2.45) is 0 Å². The molecule has 0 aromatic heterocycles. The number of carbonyl (C=O) groups is 2. The molecule has 1 aliphatic rings. The topological polar surface area (TPSA) is 75.6 Å². The van der Waals surface area contributed by atoms with Crippen LogP contribution in [0.15, 0.2) is 36.4 Å². The SMILES string of the molecule is CC(=O)c1ccc2c(c1NC(=O)c1ccc(F)cc1)C[C@@H](O)C(C)(C)O2. The summed E-state index contributed by atoms with van der Waals surface area (Å²) >= 11 is 0. The molecule has 2 aromatic rings. The highest BCUT2D eigenvalue weighted by atomic mass is 19.1. The summed E-state index contributed by atoms with van der Waals surface area (Å²) in [6.45, 7) is 4.95. The summed E-state index contributed by atoms with van der Waals surface area (Å²) in [5.74, 6) is -0.622. The first-order chi connectivity index (χ1) is 12.2. The number of ether oxygens (including phenoxy) is 1. The second kappa shape index (κ2) is 6.53. The van der Waals surface area contributed by atoms with E-state index in [1.54, 1.807) is 26.0 Å². The van der Waals surface area contributed by atoms with Gasteiger partial charge in [-0.25, -0.2) is 4.39 Å². The molecule has 26 heavy (non-hydrogen) atoms. The van der Waals surface area contributed by atoms with Gasteiger partial charge in [-0.05, 0) is 57.2 Å². The number of halogens is 1. The molecule has 3 rings (SSSR count). The Bertz CT molecular complexity index is 874. The number of nitrogens with one attached hydrogen (secondary N) is 1. The van der Waals surface area contributed by atoms with E-state index in [0.29, 0.717) is 22.6 Å². The van der Waals surface area contributed by atoms with Gasteiger partial charge < -0.3 is 15.2 Å². The molecule has 1 aliphatic heterocycles. The third kappa shape index (κ3) is 3.32. The van der Waals surface area contributed by atoms with E-state index in [9.17, 15) is 19.1 Å². The molecule has 6 heteroatoms. The Morgan fingerprint density at radius 2 is 1.85 bits per heavy atom. The number of aliphatic hydroxyl groups is 1. The highest BCUT2D eigenvalue weighted by molar-refractivity contribution is 6.10. The second-order valence-electron chi connectivity index (χ2n) is 6.91. The molecule has 0 unspecified atom stereocenters. The van der Waals surface area contributed by atoms with Gasteiger partial charge in [-0.2, -0.15) is 0 Å². The first kappa shape index (κ1) is 18.1. The molecule has 0 saturated heterocycles. The molecule has 1 amide bonds. The van der Waals surface area contributed by atoms with Crippen molar-refractivity contribution in [3.63, 3.8) is 0 Å². The van der Waals surface area contributed by atoms with Crippen LogP contribution in [0, 0.1) is 5.82 Å². The standard InChI is InChI=1S/C20H20FNO4/c1-11(23)14-8-9-16-15(10-17(24)20(2,3)26-16)18(14)22-19(25)12-4-6-13(21)7-5-12/h4-9,17,24H,10H2,1-3H3,(H,22,25)/t17-/m1/s1. The van der Waals surface area contributed by atoms with E-state index in [1.807, 2.05) is 0 Å². The molecule has 0 saturated carbocycles. The molecule has 2 N–H and O–H groups in total. The van der Waals surface area contributed by atoms with Crippen LogP contribution in [0.5, 0.6) is 5.75 Å². The van der Waals surface area contributed by atoms with Gasteiger partial charge in [0.05, 0.1) is 11.8 Å². The fourth-order valence-corrected chi connectivity index (χ4v) is 2.94. The summed E-state index contributed by atoms with van der Waals surface area (Å²) in [7, 11) is 0. The van der Waals surface area contributed by atoms with Crippen LogP contribution in [-0.4, -0.2) is 28.5 Å². The van der Waals surface area contributed by atoms with Gasteiger partial charge in [-0.15, -0.1) is 0 Å².